The first kappa shape index (κ1) is 8.53. The number of nitrogens with zero attached hydrogens (tertiary/aromatic N) is 1. The summed E-state index contributed by atoms with van der Waals surface area (Å²) < 4.78 is 5.09. The van der Waals surface area contributed by atoms with Crippen molar-refractivity contribution in [3.05, 3.63) is 0 Å². The zero-order valence-electron chi connectivity index (χ0n) is 7.17. The lowest BCUT2D eigenvalue weighted by molar-refractivity contribution is -0.158. The summed E-state index contributed by atoms with van der Waals surface area (Å²) in [5, 5.41) is 0. The number of hydrogen-bond donors (Lipinski definition) is 0. The maximum atomic E-state index is 10.6. The van der Waals surface area contributed by atoms with Crippen molar-refractivity contribution >= 4 is 5.97 Å². The van der Waals surface area contributed by atoms with E-state index in [1.54, 1.807) is 0 Å². The summed E-state index contributed by atoms with van der Waals surface area (Å²) in [6.45, 7) is 2.50. The number of carbonyl (C=O) groups is 1. The van der Waals surface area contributed by atoms with Gasteiger partial charge in [0.25, 0.3) is 0 Å². The van der Waals surface area contributed by atoms with Crippen LogP contribution in [0.2, 0.25) is 0 Å². The molecule has 0 bridgehead atoms. The van der Waals surface area contributed by atoms with Gasteiger partial charge < -0.3 is 4.74 Å². The Bertz CT molecular complexity index is 147. The fourth-order valence-electron chi connectivity index (χ4n) is 1.39. The highest BCUT2D eigenvalue weighted by molar-refractivity contribution is 5.66. The van der Waals surface area contributed by atoms with Crippen LogP contribution in [-0.4, -0.2) is 30.7 Å². The van der Waals surface area contributed by atoms with Gasteiger partial charge in [0.05, 0.1) is 0 Å². The summed E-state index contributed by atoms with van der Waals surface area (Å²) in [5.74, 6) is -0.177. The van der Waals surface area contributed by atoms with Crippen LogP contribution in [-0.2, 0) is 9.53 Å². The van der Waals surface area contributed by atoms with E-state index < -0.39 is 0 Å². The third kappa shape index (κ3) is 2.50. The molecule has 1 unspecified atom stereocenters. The minimum absolute atomic E-state index is 0.0289. The standard InChI is InChI=1S/C8H15NO2/c1-7(10)11-8-5-3-4-6-9(8)2/h8H,3-6H2,1-2H3. The first-order valence-corrected chi connectivity index (χ1v) is 4.07. The summed E-state index contributed by atoms with van der Waals surface area (Å²) in [6.07, 6.45) is 3.40. The highest BCUT2D eigenvalue weighted by Crippen LogP contribution is 2.15. The van der Waals surface area contributed by atoms with Gasteiger partial charge in [0, 0.05) is 13.5 Å². The van der Waals surface area contributed by atoms with Crippen molar-refractivity contribution < 1.29 is 9.53 Å². The van der Waals surface area contributed by atoms with Gasteiger partial charge >= 0.3 is 5.97 Å². The zero-order valence-corrected chi connectivity index (χ0v) is 7.17. The van der Waals surface area contributed by atoms with Gasteiger partial charge in [0.15, 0.2) is 6.23 Å². The van der Waals surface area contributed by atoms with Crippen molar-refractivity contribution in [3.8, 4) is 0 Å². The molecule has 0 spiro atoms. The Morgan fingerprint density at radius 3 is 2.82 bits per heavy atom. The van der Waals surface area contributed by atoms with E-state index in [1.807, 2.05) is 7.05 Å². The maximum absolute atomic E-state index is 10.6. The van der Waals surface area contributed by atoms with Crippen LogP contribution in [0.1, 0.15) is 26.2 Å². The summed E-state index contributed by atoms with van der Waals surface area (Å²) in [6, 6.07) is 0. The average Bonchev–Trinajstić information content (AvgIpc) is 1.93. The van der Waals surface area contributed by atoms with Gasteiger partial charge in [-0.25, -0.2) is 0 Å². The van der Waals surface area contributed by atoms with Crippen LogP contribution in [0.25, 0.3) is 0 Å². The van der Waals surface area contributed by atoms with Crippen molar-refractivity contribution in [1.82, 2.24) is 4.90 Å². The van der Waals surface area contributed by atoms with Gasteiger partial charge in [-0.05, 0) is 26.3 Å². The zero-order chi connectivity index (χ0) is 8.27. The molecule has 1 aliphatic heterocycles. The number of carbonyl (C=O) groups excluding carboxylic acids is 1. The topological polar surface area (TPSA) is 29.5 Å². The lowest BCUT2D eigenvalue weighted by atomic mass is 10.1. The summed E-state index contributed by atoms with van der Waals surface area (Å²) in [4.78, 5) is 12.7. The highest BCUT2D eigenvalue weighted by Gasteiger charge is 2.20. The molecule has 0 saturated carbocycles. The fourth-order valence-corrected chi connectivity index (χ4v) is 1.39. The molecule has 0 aromatic heterocycles. The second-order valence-electron chi connectivity index (χ2n) is 3.04. The number of rotatable bonds is 1. The molecule has 0 aromatic carbocycles. The van der Waals surface area contributed by atoms with Gasteiger partial charge in [-0.1, -0.05) is 0 Å². The van der Waals surface area contributed by atoms with Crippen LogP contribution < -0.4 is 0 Å². The summed E-state index contributed by atoms with van der Waals surface area (Å²) >= 11 is 0. The van der Waals surface area contributed by atoms with Crippen molar-refractivity contribution in [2.45, 2.75) is 32.4 Å². The van der Waals surface area contributed by atoms with Crippen molar-refractivity contribution in [1.29, 1.82) is 0 Å². The molecule has 0 N–H and O–H groups in total. The third-order valence-corrected chi connectivity index (χ3v) is 2.01. The second kappa shape index (κ2) is 3.72. The molecule has 0 radical (unpaired) electrons. The molecular weight excluding hydrogens is 142 g/mol. The minimum Gasteiger partial charge on any atom is -0.447 e. The summed E-state index contributed by atoms with van der Waals surface area (Å²) in [7, 11) is 1.99. The van der Waals surface area contributed by atoms with Crippen LogP contribution in [0, 0.1) is 0 Å². The molecule has 1 aliphatic rings. The first-order valence-electron chi connectivity index (χ1n) is 4.07. The van der Waals surface area contributed by atoms with Crippen LogP contribution in [0.3, 0.4) is 0 Å². The van der Waals surface area contributed by atoms with E-state index in [-0.39, 0.29) is 12.2 Å². The number of likely N-dealkylation sites (tertiary alicyclic amines) is 1. The molecule has 1 rings (SSSR count). The predicted molar refractivity (Wildman–Crippen MR) is 42.0 cm³/mol. The second-order valence-corrected chi connectivity index (χ2v) is 3.04. The molecule has 1 fully saturated rings. The van der Waals surface area contributed by atoms with Crippen molar-refractivity contribution in [2.24, 2.45) is 0 Å². The van der Waals surface area contributed by atoms with Crippen LogP contribution in [0.15, 0.2) is 0 Å². The number of piperidine rings is 1. The first-order chi connectivity index (χ1) is 5.20. The van der Waals surface area contributed by atoms with E-state index in [4.69, 9.17) is 4.74 Å². The normalized spacial score (nSPS) is 26.5. The molecule has 11 heavy (non-hydrogen) atoms. The SMILES string of the molecule is CC(=O)OC1CCCCN1C. The number of ether oxygens (including phenoxy) is 1. The smallest absolute Gasteiger partial charge is 0.304 e. The lowest BCUT2D eigenvalue weighted by Gasteiger charge is -2.31. The van der Waals surface area contributed by atoms with Crippen LogP contribution in [0.5, 0.6) is 0 Å². The molecule has 3 nitrogen and oxygen atoms in total. The van der Waals surface area contributed by atoms with E-state index in [0.717, 1.165) is 13.0 Å². The fraction of sp³-hybridized carbons (Fsp3) is 0.875. The molecule has 0 amide bonds. The Labute approximate surface area is 67.3 Å². The maximum Gasteiger partial charge on any atom is 0.304 e. The molecule has 3 heteroatoms. The quantitative estimate of drug-likeness (QED) is 0.532. The van der Waals surface area contributed by atoms with Crippen molar-refractivity contribution in [2.75, 3.05) is 13.6 Å². The number of esters is 1. The van der Waals surface area contributed by atoms with E-state index in [2.05, 4.69) is 4.90 Å². The minimum atomic E-state index is -0.177. The Kier molecular flexibility index (Phi) is 2.88. The van der Waals surface area contributed by atoms with E-state index in [9.17, 15) is 4.79 Å². The van der Waals surface area contributed by atoms with Gasteiger partial charge in [-0.15, -0.1) is 0 Å². The van der Waals surface area contributed by atoms with E-state index in [1.165, 1.54) is 19.8 Å². The monoisotopic (exact) mass is 157 g/mol. The Hall–Kier alpha value is -0.570. The highest BCUT2D eigenvalue weighted by atomic mass is 16.6. The largest absolute Gasteiger partial charge is 0.447 e. The molecular formula is C8H15NO2. The van der Waals surface area contributed by atoms with Crippen LogP contribution >= 0.6 is 0 Å². The Morgan fingerprint density at radius 2 is 2.27 bits per heavy atom. The van der Waals surface area contributed by atoms with E-state index in [0.29, 0.717) is 0 Å². The molecule has 0 aromatic rings. The van der Waals surface area contributed by atoms with Gasteiger partial charge in [0.2, 0.25) is 0 Å². The van der Waals surface area contributed by atoms with Gasteiger partial charge in [-0.2, -0.15) is 0 Å². The van der Waals surface area contributed by atoms with Gasteiger partial charge in [0.1, 0.15) is 0 Å². The summed E-state index contributed by atoms with van der Waals surface area (Å²) in [5.41, 5.74) is 0. The third-order valence-electron chi connectivity index (χ3n) is 2.01. The molecule has 0 aliphatic carbocycles. The molecule has 1 atom stereocenters. The Balaban J connectivity index is 2.35. The lowest BCUT2D eigenvalue weighted by Crippen LogP contribution is -2.39. The van der Waals surface area contributed by atoms with Crippen LogP contribution in [0.4, 0.5) is 0 Å². The Morgan fingerprint density at radius 1 is 1.55 bits per heavy atom. The van der Waals surface area contributed by atoms with Crippen molar-refractivity contribution in [3.63, 3.8) is 0 Å². The molecule has 1 saturated heterocycles. The van der Waals surface area contributed by atoms with Gasteiger partial charge in [-0.3, -0.25) is 9.69 Å². The predicted octanol–water partition coefficient (Wildman–Crippen LogP) is 0.991. The number of hydrogen-bond acceptors (Lipinski definition) is 3. The molecule has 64 valence electrons. The molecule has 1 heterocycles. The van der Waals surface area contributed by atoms with E-state index >= 15 is 0 Å². The average molecular weight is 157 g/mol.